The van der Waals surface area contributed by atoms with Crippen LogP contribution in [0.15, 0.2) is 47.4 Å². The predicted octanol–water partition coefficient (Wildman–Crippen LogP) is 4.22. The first kappa shape index (κ1) is 13.1. The van der Waals surface area contributed by atoms with Crippen molar-refractivity contribution in [2.75, 3.05) is 12.8 Å². The molecule has 0 aliphatic carbocycles. The second-order valence-corrected chi connectivity index (χ2v) is 5.29. The maximum absolute atomic E-state index is 5.96. The van der Waals surface area contributed by atoms with Crippen molar-refractivity contribution in [2.45, 2.75) is 10.6 Å². The molecule has 0 heterocycles. The van der Waals surface area contributed by atoms with Crippen LogP contribution in [-0.4, -0.2) is 7.11 Å². The van der Waals surface area contributed by atoms with Crippen LogP contribution >= 0.6 is 23.4 Å². The Bertz CT molecular complexity index is 528. The van der Waals surface area contributed by atoms with Gasteiger partial charge in [0.25, 0.3) is 0 Å². The van der Waals surface area contributed by atoms with Crippen LogP contribution in [0.1, 0.15) is 5.56 Å². The minimum atomic E-state index is 0.717. The first-order valence-electron chi connectivity index (χ1n) is 5.50. The molecular weight excluding hydrogens is 266 g/mol. The number of nitrogen functional groups attached to an aromatic ring is 1. The van der Waals surface area contributed by atoms with E-state index in [1.54, 1.807) is 24.9 Å². The average Bonchev–Trinajstić information content (AvgIpc) is 2.40. The lowest BCUT2D eigenvalue weighted by atomic mass is 10.2. The molecular formula is C14H14ClNOS. The van der Waals surface area contributed by atoms with E-state index in [-0.39, 0.29) is 0 Å². The van der Waals surface area contributed by atoms with E-state index in [1.807, 2.05) is 36.4 Å². The molecule has 0 aliphatic rings. The minimum absolute atomic E-state index is 0.717. The standard InChI is InChI=1S/C14H14ClNOS/c1-17-12-3-5-13(6-4-12)18-9-10-8-11(15)2-7-14(10)16/h2-8H,9,16H2,1H3. The summed E-state index contributed by atoms with van der Waals surface area (Å²) in [6, 6.07) is 13.5. The highest BCUT2D eigenvalue weighted by Crippen LogP contribution is 2.28. The van der Waals surface area contributed by atoms with Gasteiger partial charge in [0.05, 0.1) is 7.11 Å². The quantitative estimate of drug-likeness (QED) is 0.672. The van der Waals surface area contributed by atoms with E-state index in [0.29, 0.717) is 0 Å². The molecule has 2 nitrogen and oxygen atoms in total. The molecule has 0 saturated carbocycles. The van der Waals surface area contributed by atoms with Crippen molar-refractivity contribution < 1.29 is 4.74 Å². The van der Waals surface area contributed by atoms with Crippen LogP contribution in [0, 0.1) is 0 Å². The summed E-state index contributed by atoms with van der Waals surface area (Å²) in [4.78, 5) is 1.18. The van der Waals surface area contributed by atoms with Crippen LogP contribution in [0.3, 0.4) is 0 Å². The molecule has 0 amide bonds. The Morgan fingerprint density at radius 2 is 1.89 bits per heavy atom. The lowest BCUT2D eigenvalue weighted by molar-refractivity contribution is 0.414. The minimum Gasteiger partial charge on any atom is -0.497 e. The average molecular weight is 280 g/mol. The summed E-state index contributed by atoms with van der Waals surface area (Å²) < 4.78 is 5.12. The van der Waals surface area contributed by atoms with Crippen molar-refractivity contribution >= 4 is 29.1 Å². The zero-order valence-electron chi connectivity index (χ0n) is 10.0. The topological polar surface area (TPSA) is 35.2 Å². The number of hydrogen-bond acceptors (Lipinski definition) is 3. The van der Waals surface area contributed by atoms with Gasteiger partial charge in [-0.05, 0) is 48.0 Å². The molecule has 2 aromatic carbocycles. The van der Waals surface area contributed by atoms with Gasteiger partial charge in [-0.25, -0.2) is 0 Å². The van der Waals surface area contributed by atoms with Gasteiger partial charge in [-0.15, -0.1) is 11.8 Å². The lowest BCUT2D eigenvalue weighted by Gasteiger charge is -2.06. The highest BCUT2D eigenvalue weighted by Gasteiger charge is 2.02. The molecule has 0 aliphatic heterocycles. The highest BCUT2D eigenvalue weighted by molar-refractivity contribution is 7.98. The molecule has 0 atom stereocenters. The zero-order chi connectivity index (χ0) is 13.0. The molecule has 2 rings (SSSR count). The Kier molecular flexibility index (Phi) is 4.39. The molecule has 0 fully saturated rings. The van der Waals surface area contributed by atoms with E-state index in [4.69, 9.17) is 22.1 Å². The van der Waals surface area contributed by atoms with Crippen LogP contribution in [0.2, 0.25) is 5.02 Å². The SMILES string of the molecule is COc1ccc(SCc2cc(Cl)ccc2N)cc1. The van der Waals surface area contributed by atoms with E-state index in [1.165, 1.54) is 4.90 Å². The summed E-state index contributed by atoms with van der Waals surface area (Å²) in [5.74, 6) is 1.67. The number of thioether (sulfide) groups is 1. The summed E-state index contributed by atoms with van der Waals surface area (Å²) in [5.41, 5.74) is 7.74. The Morgan fingerprint density at radius 3 is 2.56 bits per heavy atom. The van der Waals surface area contributed by atoms with Crippen molar-refractivity contribution in [1.82, 2.24) is 0 Å². The fourth-order valence-electron chi connectivity index (χ4n) is 1.53. The smallest absolute Gasteiger partial charge is 0.118 e. The third-order valence-electron chi connectivity index (χ3n) is 2.56. The van der Waals surface area contributed by atoms with Crippen LogP contribution in [0.25, 0.3) is 0 Å². The van der Waals surface area contributed by atoms with Crippen molar-refractivity contribution in [3.63, 3.8) is 0 Å². The van der Waals surface area contributed by atoms with Gasteiger partial charge in [-0.2, -0.15) is 0 Å². The van der Waals surface area contributed by atoms with Gasteiger partial charge in [0.15, 0.2) is 0 Å². The molecule has 94 valence electrons. The zero-order valence-corrected chi connectivity index (χ0v) is 11.6. The van der Waals surface area contributed by atoms with Gasteiger partial charge in [0.2, 0.25) is 0 Å². The molecule has 18 heavy (non-hydrogen) atoms. The normalized spacial score (nSPS) is 10.3. The van der Waals surface area contributed by atoms with Crippen molar-refractivity contribution in [2.24, 2.45) is 0 Å². The molecule has 2 N–H and O–H groups in total. The van der Waals surface area contributed by atoms with Crippen molar-refractivity contribution in [3.05, 3.63) is 53.1 Å². The number of hydrogen-bond donors (Lipinski definition) is 1. The number of benzene rings is 2. The number of anilines is 1. The molecule has 0 radical (unpaired) electrons. The number of halogens is 1. The van der Waals surface area contributed by atoms with Crippen LogP contribution < -0.4 is 10.5 Å². The monoisotopic (exact) mass is 279 g/mol. The van der Waals surface area contributed by atoms with Gasteiger partial charge in [-0.1, -0.05) is 11.6 Å². The number of nitrogens with two attached hydrogens (primary N) is 1. The van der Waals surface area contributed by atoms with E-state index in [2.05, 4.69) is 0 Å². The lowest BCUT2D eigenvalue weighted by Crippen LogP contribution is -1.92. The third kappa shape index (κ3) is 3.34. The maximum Gasteiger partial charge on any atom is 0.118 e. The van der Waals surface area contributed by atoms with Crippen molar-refractivity contribution in [1.29, 1.82) is 0 Å². The largest absolute Gasteiger partial charge is 0.497 e. The van der Waals surface area contributed by atoms with Gasteiger partial charge in [-0.3, -0.25) is 0 Å². The van der Waals surface area contributed by atoms with Gasteiger partial charge in [0, 0.05) is 21.4 Å². The molecule has 2 aromatic rings. The number of rotatable bonds is 4. The van der Waals surface area contributed by atoms with Gasteiger partial charge < -0.3 is 10.5 Å². The van der Waals surface area contributed by atoms with Crippen molar-refractivity contribution in [3.8, 4) is 5.75 Å². The summed E-state index contributed by atoms with van der Waals surface area (Å²) in [6.07, 6.45) is 0. The van der Waals surface area contributed by atoms with E-state index < -0.39 is 0 Å². The summed E-state index contributed by atoms with van der Waals surface area (Å²) in [5, 5.41) is 0.717. The second kappa shape index (κ2) is 6.03. The molecule has 0 bridgehead atoms. The fraction of sp³-hybridized carbons (Fsp3) is 0.143. The summed E-state index contributed by atoms with van der Waals surface area (Å²) >= 11 is 7.68. The summed E-state index contributed by atoms with van der Waals surface area (Å²) in [7, 11) is 1.66. The Morgan fingerprint density at radius 1 is 1.17 bits per heavy atom. The van der Waals surface area contributed by atoms with Crippen LogP contribution in [0.4, 0.5) is 5.69 Å². The fourth-order valence-corrected chi connectivity index (χ4v) is 2.63. The van der Waals surface area contributed by atoms with Crippen LogP contribution in [-0.2, 0) is 5.75 Å². The number of methoxy groups -OCH3 is 1. The molecule has 0 unspecified atom stereocenters. The van der Waals surface area contributed by atoms with E-state index >= 15 is 0 Å². The Hall–Kier alpha value is -1.32. The molecule has 0 aromatic heterocycles. The number of ether oxygens (including phenoxy) is 1. The molecule has 0 saturated heterocycles. The van der Waals surface area contributed by atoms with Gasteiger partial charge >= 0.3 is 0 Å². The predicted molar refractivity (Wildman–Crippen MR) is 78.4 cm³/mol. The summed E-state index contributed by atoms with van der Waals surface area (Å²) in [6.45, 7) is 0. The molecule has 0 spiro atoms. The van der Waals surface area contributed by atoms with E-state index in [0.717, 1.165) is 27.8 Å². The maximum atomic E-state index is 5.96. The van der Waals surface area contributed by atoms with Crippen LogP contribution in [0.5, 0.6) is 5.75 Å². The first-order chi connectivity index (χ1) is 8.69. The molecule has 4 heteroatoms. The first-order valence-corrected chi connectivity index (χ1v) is 6.86. The highest BCUT2D eigenvalue weighted by atomic mass is 35.5. The Balaban J connectivity index is 2.04. The second-order valence-electron chi connectivity index (χ2n) is 3.81. The Labute approximate surface area is 116 Å². The third-order valence-corrected chi connectivity index (χ3v) is 3.85. The van der Waals surface area contributed by atoms with Gasteiger partial charge in [0.1, 0.15) is 5.75 Å². The van der Waals surface area contributed by atoms with E-state index in [9.17, 15) is 0 Å².